The summed E-state index contributed by atoms with van der Waals surface area (Å²) in [7, 11) is 1.51. The molecule has 0 unspecified atom stereocenters. The highest BCUT2D eigenvalue weighted by atomic mass is 32.1. The van der Waals surface area contributed by atoms with Gasteiger partial charge in [0.05, 0.1) is 24.0 Å². The Morgan fingerprint density at radius 1 is 1.25 bits per heavy atom. The lowest BCUT2D eigenvalue weighted by molar-refractivity contribution is -0.161. The summed E-state index contributed by atoms with van der Waals surface area (Å²) < 4.78 is 43.3. The van der Waals surface area contributed by atoms with Crippen molar-refractivity contribution in [1.29, 1.82) is 0 Å². The largest absolute Gasteiger partial charge is 0.400 e. The molecule has 0 atom stereocenters. The van der Waals surface area contributed by atoms with E-state index in [1.54, 1.807) is 33.3 Å². The SMILES string of the molecule is Cn1nc(C2(C(F)(F)F)CC2)cc1NC(=O)c1csc2c1CCN(C(=O)c1cnc3ccncn13)C2. The summed E-state index contributed by atoms with van der Waals surface area (Å²) in [6.45, 7) is 0.768. The summed E-state index contributed by atoms with van der Waals surface area (Å²) in [5.74, 6) is -0.382. The van der Waals surface area contributed by atoms with E-state index in [1.807, 2.05) is 0 Å². The Hall–Kier alpha value is -3.74. The number of halogens is 3. The summed E-state index contributed by atoms with van der Waals surface area (Å²) in [4.78, 5) is 37.1. The van der Waals surface area contributed by atoms with Gasteiger partial charge in [0.15, 0.2) is 0 Å². The van der Waals surface area contributed by atoms with Crippen LogP contribution < -0.4 is 5.32 Å². The number of hydrogen-bond acceptors (Lipinski definition) is 6. The van der Waals surface area contributed by atoms with Crippen LogP contribution in [-0.2, 0) is 25.4 Å². The normalized spacial score (nSPS) is 16.7. The fraction of sp³-hybridized carbons (Fsp3) is 0.348. The molecule has 0 saturated heterocycles. The van der Waals surface area contributed by atoms with Gasteiger partial charge in [-0.2, -0.15) is 18.3 Å². The monoisotopic (exact) mass is 515 g/mol. The molecule has 2 aliphatic rings. The third-order valence-corrected chi connectivity index (χ3v) is 7.93. The molecule has 0 spiro atoms. The highest BCUT2D eigenvalue weighted by Crippen LogP contribution is 2.58. The number of carbonyl (C=O) groups excluding carboxylic acids is 2. The number of aryl methyl sites for hydroxylation is 1. The number of aromatic nitrogens is 5. The summed E-state index contributed by atoms with van der Waals surface area (Å²) in [5, 5.41) is 8.47. The third-order valence-electron chi connectivity index (χ3n) is 6.92. The van der Waals surface area contributed by atoms with Gasteiger partial charge in [0.25, 0.3) is 11.8 Å². The number of anilines is 1. The van der Waals surface area contributed by atoms with Gasteiger partial charge in [0, 0.05) is 36.1 Å². The van der Waals surface area contributed by atoms with Crippen LogP contribution in [0.5, 0.6) is 0 Å². The second kappa shape index (κ2) is 7.88. The molecule has 0 radical (unpaired) electrons. The molecule has 1 saturated carbocycles. The molecular formula is C23H20F3N7O2S. The average molecular weight is 516 g/mol. The Morgan fingerprint density at radius 2 is 2.06 bits per heavy atom. The zero-order chi connectivity index (χ0) is 25.2. The number of imidazole rings is 1. The maximum Gasteiger partial charge on any atom is 0.400 e. The molecule has 0 aromatic carbocycles. The van der Waals surface area contributed by atoms with Crippen molar-refractivity contribution in [1.82, 2.24) is 29.0 Å². The molecule has 1 N–H and O–H groups in total. The summed E-state index contributed by atoms with van der Waals surface area (Å²) in [5.41, 5.74) is 0.357. The Morgan fingerprint density at radius 3 is 2.81 bits per heavy atom. The topological polar surface area (TPSA) is 97.4 Å². The Labute approximate surface area is 206 Å². The van der Waals surface area contributed by atoms with E-state index in [9.17, 15) is 22.8 Å². The first-order valence-electron chi connectivity index (χ1n) is 11.3. The van der Waals surface area contributed by atoms with Crippen molar-refractivity contribution >= 4 is 34.6 Å². The summed E-state index contributed by atoms with van der Waals surface area (Å²) >= 11 is 1.38. The van der Waals surface area contributed by atoms with Crippen LogP contribution in [0.3, 0.4) is 0 Å². The molecule has 6 rings (SSSR count). The highest BCUT2D eigenvalue weighted by molar-refractivity contribution is 7.10. The average Bonchev–Trinajstić information content (AvgIpc) is 3.22. The lowest BCUT2D eigenvalue weighted by atomic mass is 10.0. The first-order valence-corrected chi connectivity index (χ1v) is 12.1. The van der Waals surface area contributed by atoms with Crippen LogP contribution in [0.4, 0.5) is 19.0 Å². The van der Waals surface area contributed by atoms with E-state index in [1.165, 1.54) is 35.3 Å². The number of fused-ring (bicyclic) bond motifs is 2. The van der Waals surface area contributed by atoms with Crippen molar-refractivity contribution in [2.24, 2.45) is 7.05 Å². The number of carbonyl (C=O) groups is 2. The Balaban J connectivity index is 1.19. The molecule has 9 nitrogen and oxygen atoms in total. The molecule has 13 heteroatoms. The quantitative estimate of drug-likeness (QED) is 0.448. The number of nitrogens with one attached hydrogen (secondary N) is 1. The van der Waals surface area contributed by atoms with Crippen molar-refractivity contribution in [3.63, 3.8) is 0 Å². The Bertz CT molecular complexity index is 1520. The zero-order valence-corrected chi connectivity index (χ0v) is 19.9. The number of amides is 2. The van der Waals surface area contributed by atoms with Crippen LogP contribution in [0.1, 0.15) is 49.8 Å². The molecule has 186 valence electrons. The van der Waals surface area contributed by atoms with Crippen molar-refractivity contribution in [3.8, 4) is 0 Å². The van der Waals surface area contributed by atoms with Crippen molar-refractivity contribution in [2.75, 3.05) is 11.9 Å². The predicted molar refractivity (Wildman–Crippen MR) is 124 cm³/mol. The molecule has 0 bridgehead atoms. The predicted octanol–water partition coefficient (Wildman–Crippen LogP) is 3.57. The van der Waals surface area contributed by atoms with Gasteiger partial charge in [0.2, 0.25) is 0 Å². The van der Waals surface area contributed by atoms with Gasteiger partial charge >= 0.3 is 6.18 Å². The lowest BCUT2D eigenvalue weighted by Crippen LogP contribution is -2.36. The second-order valence-electron chi connectivity index (χ2n) is 9.05. The smallest absolute Gasteiger partial charge is 0.332 e. The van der Waals surface area contributed by atoms with Gasteiger partial charge < -0.3 is 10.2 Å². The van der Waals surface area contributed by atoms with Crippen LogP contribution in [0.2, 0.25) is 0 Å². The first-order chi connectivity index (χ1) is 17.2. The first kappa shape index (κ1) is 22.7. The van der Waals surface area contributed by atoms with Crippen LogP contribution in [0.25, 0.3) is 5.65 Å². The van der Waals surface area contributed by atoms with E-state index < -0.39 is 17.5 Å². The van der Waals surface area contributed by atoms with E-state index >= 15 is 0 Å². The second-order valence-corrected chi connectivity index (χ2v) is 10.0. The molecule has 36 heavy (non-hydrogen) atoms. The number of hydrogen-bond donors (Lipinski definition) is 1. The van der Waals surface area contributed by atoms with Gasteiger partial charge in [0.1, 0.15) is 28.9 Å². The van der Waals surface area contributed by atoms with E-state index in [0.29, 0.717) is 36.4 Å². The minimum Gasteiger partial charge on any atom is -0.332 e. The maximum atomic E-state index is 13.5. The number of rotatable bonds is 4. The van der Waals surface area contributed by atoms with Gasteiger partial charge in [-0.05, 0) is 30.9 Å². The Kier molecular flexibility index (Phi) is 4.97. The lowest BCUT2D eigenvalue weighted by Gasteiger charge is -2.27. The minimum atomic E-state index is -4.38. The maximum absolute atomic E-state index is 13.5. The third kappa shape index (κ3) is 3.48. The molecule has 4 aromatic heterocycles. The number of alkyl halides is 3. The summed E-state index contributed by atoms with van der Waals surface area (Å²) in [6.07, 6.45) is 0.777. The molecule has 2 amide bonds. The van der Waals surface area contributed by atoms with Crippen LogP contribution in [0.15, 0.2) is 36.2 Å². The molecule has 1 aliphatic carbocycles. The van der Waals surface area contributed by atoms with E-state index in [4.69, 9.17) is 0 Å². The van der Waals surface area contributed by atoms with Gasteiger partial charge in [-0.1, -0.05) is 0 Å². The van der Waals surface area contributed by atoms with E-state index in [0.717, 1.165) is 10.4 Å². The van der Waals surface area contributed by atoms with Crippen LogP contribution >= 0.6 is 11.3 Å². The van der Waals surface area contributed by atoms with Crippen LogP contribution in [0, 0.1) is 0 Å². The molecule has 1 fully saturated rings. The molecular weight excluding hydrogens is 495 g/mol. The number of thiophene rings is 1. The number of nitrogens with zero attached hydrogens (tertiary/aromatic N) is 6. The fourth-order valence-electron chi connectivity index (χ4n) is 4.66. The molecule has 4 aromatic rings. The van der Waals surface area contributed by atoms with Crippen molar-refractivity contribution < 1.29 is 22.8 Å². The highest BCUT2D eigenvalue weighted by Gasteiger charge is 2.65. The molecule has 1 aliphatic heterocycles. The van der Waals surface area contributed by atoms with Gasteiger partial charge in [-0.15, -0.1) is 11.3 Å². The minimum absolute atomic E-state index is 0.000239. The van der Waals surface area contributed by atoms with E-state index in [2.05, 4.69) is 20.4 Å². The molecule has 5 heterocycles. The van der Waals surface area contributed by atoms with Crippen LogP contribution in [-0.4, -0.2) is 53.6 Å². The fourth-order valence-corrected chi connectivity index (χ4v) is 5.75. The van der Waals surface area contributed by atoms with E-state index in [-0.39, 0.29) is 30.3 Å². The van der Waals surface area contributed by atoms with Gasteiger partial charge in [-0.25, -0.2) is 9.97 Å². The standard InChI is InChI=1S/C23H20F3N7O2S/c1-31-19(8-17(30-31)22(4-5-22)23(24,25)26)29-20(34)14-11-36-16-10-32(7-3-13(14)16)21(35)15-9-28-18-2-6-27-12-33(15)18/h2,6,8-9,11-12H,3-5,7,10H2,1H3,(H,29,34). The zero-order valence-electron chi connectivity index (χ0n) is 19.0. The van der Waals surface area contributed by atoms with Crippen molar-refractivity contribution in [3.05, 3.63) is 63.6 Å². The summed E-state index contributed by atoms with van der Waals surface area (Å²) in [6, 6.07) is 3.02. The van der Waals surface area contributed by atoms with Gasteiger partial charge in [-0.3, -0.25) is 18.7 Å². The van der Waals surface area contributed by atoms with Crippen molar-refractivity contribution in [2.45, 2.75) is 37.4 Å².